The third kappa shape index (κ3) is 5.73. The van der Waals surface area contributed by atoms with Gasteiger partial charge in [0, 0.05) is 30.9 Å². The third-order valence-electron chi connectivity index (χ3n) is 7.02. The van der Waals surface area contributed by atoms with Crippen molar-refractivity contribution in [3.63, 3.8) is 0 Å². The second-order valence-electron chi connectivity index (χ2n) is 11.4. The van der Waals surface area contributed by atoms with Crippen molar-refractivity contribution in [3.05, 3.63) is 66.4 Å². The summed E-state index contributed by atoms with van der Waals surface area (Å²) in [6.45, 7) is 8.15. The number of aromatic nitrogens is 3. The zero-order valence-corrected chi connectivity index (χ0v) is 23.6. The van der Waals surface area contributed by atoms with E-state index in [-0.39, 0.29) is 18.0 Å². The van der Waals surface area contributed by atoms with E-state index < -0.39 is 5.60 Å². The van der Waals surface area contributed by atoms with Gasteiger partial charge in [-0.05, 0) is 75.8 Å². The van der Waals surface area contributed by atoms with E-state index in [1.165, 1.54) is 18.5 Å². The first-order valence-corrected chi connectivity index (χ1v) is 13.7. The minimum atomic E-state index is -0.578. The van der Waals surface area contributed by atoms with Crippen LogP contribution in [0.25, 0.3) is 22.2 Å². The number of amides is 1. The molecular weight excluding hydrogens is 509 g/mol. The van der Waals surface area contributed by atoms with Crippen molar-refractivity contribution < 1.29 is 18.7 Å². The average Bonchev–Trinajstić information content (AvgIpc) is 3.68. The van der Waals surface area contributed by atoms with Gasteiger partial charge >= 0.3 is 6.09 Å². The normalized spacial score (nSPS) is 14.2. The fourth-order valence-corrected chi connectivity index (χ4v) is 5.07. The summed E-state index contributed by atoms with van der Waals surface area (Å²) in [5.74, 6) is 1.44. The molecule has 1 unspecified atom stereocenters. The predicted molar refractivity (Wildman–Crippen MR) is 154 cm³/mol. The number of hydrogen-bond donors (Lipinski definition) is 1. The molecule has 2 aromatic carbocycles. The Balaban J connectivity index is 1.56. The summed E-state index contributed by atoms with van der Waals surface area (Å²) in [7, 11) is 1.76. The highest BCUT2D eigenvalue weighted by atomic mass is 19.1. The van der Waals surface area contributed by atoms with Crippen LogP contribution in [0.1, 0.15) is 64.6 Å². The maximum atomic E-state index is 13.6. The molecule has 2 aromatic heterocycles. The molecule has 8 nitrogen and oxygen atoms in total. The number of nitrogen functional groups attached to an aromatic ring is 1. The van der Waals surface area contributed by atoms with Crippen LogP contribution in [-0.4, -0.2) is 44.7 Å². The Morgan fingerprint density at radius 3 is 2.50 bits per heavy atom. The Hall–Kier alpha value is -4.14. The van der Waals surface area contributed by atoms with E-state index in [0.29, 0.717) is 29.8 Å². The predicted octanol–water partition coefficient (Wildman–Crippen LogP) is 7.31. The Morgan fingerprint density at radius 1 is 1.15 bits per heavy atom. The maximum absolute atomic E-state index is 13.6. The van der Waals surface area contributed by atoms with E-state index in [1.807, 2.05) is 45.0 Å². The summed E-state index contributed by atoms with van der Waals surface area (Å²) >= 11 is 0. The SMILES string of the molecule is CCC(CN(C)C(=O)OC(C)(C)C)n1c(C2CC2)c(-c2ccc(Oc3cccc(F)c3)cc2)c2c(N)ncnc21. The van der Waals surface area contributed by atoms with Gasteiger partial charge in [0.25, 0.3) is 0 Å². The Kier molecular flexibility index (Phi) is 7.40. The van der Waals surface area contributed by atoms with Crippen LogP contribution >= 0.6 is 0 Å². The van der Waals surface area contributed by atoms with Crippen LogP contribution in [-0.2, 0) is 4.74 Å². The summed E-state index contributed by atoms with van der Waals surface area (Å²) in [6.07, 6.45) is 4.04. The number of carbonyl (C=O) groups is 1. The lowest BCUT2D eigenvalue weighted by Crippen LogP contribution is -2.37. The maximum Gasteiger partial charge on any atom is 0.410 e. The molecule has 40 heavy (non-hydrogen) atoms. The quantitative estimate of drug-likeness (QED) is 0.249. The second-order valence-corrected chi connectivity index (χ2v) is 11.4. The molecule has 2 N–H and O–H groups in total. The van der Waals surface area contributed by atoms with E-state index >= 15 is 0 Å². The number of benzene rings is 2. The second kappa shape index (κ2) is 10.8. The van der Waals surface area contributed by atoms with Crippen LogP contribution in [0.4, 0.5) is 15.0 Å². The first-order valence-electron chi connectivity index (χ1n) is 13.7. The molecule has 0 radical (unpaired) electrons. The minimum Gasteiger partial charge on any atom is -0.457 e. The van der Waals surface area contributed by atoms with Gasteiger partial charge in [-0.15, -0.1) is 0 Å². The van der Waals surface area contributed by atoms with Crippen LogP contribution in [0.15, 0.2) is 54.9 Å². The van der Waals surface area contributed by atoms with Crippen molar-refractivity contribution in [3.8, 4) is 22.6 Å². The number of rotatable bonds is 8. The minimum absolute atomic E-state index is 0.0470. The van der Waals surface area contributed by atoms with Crippen molar-refractivity contribution in [1.82, 2.24) is 19.4 Å². The molecule has 1 fully saturated rings. The number of hydrogen-bond acceptors (Lipinski definition) is 6. The van der Waals surface area contributed by atoms with Crippen LogP contribution in [0.5, 0.6) is 11.5 Å². The zero-order chi connectivity index (χ0) is 28.6. The number of ether oxygens (including phenoxy) is 2. The zero-order valence-electron chi connectivity index (χ0n) is 23.6. The number of nitrogens with zero attached hydrogens (tertiary/aromatic N) is 4. The monoisotopic (exact) mass is 545 g/mol. The molecule has 9 heteroatoms. The molecule has 0 aliphatic heterocycles. The highest BCUT2D eigenvalue weighted by molar-refractivity contribution is 6.03. The van der Waals surface area contributed by atoms with Gasteiger partial charge < -0.3 is 24.7 Å². The van der Waals surface area contributed by atoms with Crippen molar-refractivity contribution in [1.29, 1.82) is 0 Å². The van der Waals surface area contributed by atoms with Crippen molar-refractivity contribution in [2.45, 2.75) is 64.5 Å². The van der Waals surface area contributed by atoms with Crippen LogP contribution < -0.4 is 10.5 Å². The molecule has 0 saturated heterocycles. The fraction of sp³-hybridized carbons (Fsp3) is 0.387. The topological polar surface area (TPSA) is 95.5 Å². The molecule has 0 spiro atoms. The number of halogens is 1. The lowest BCUT2D eigenvalue weighted by molar-refractivity contribution is 0.0275. The van der Waals surface area contributed by atoms with Gasteiger partial charge in [0.05, 0.1) is 11.4 Å². The molecule has 1 atom stereocenters. The van der Waals surface area contributed by atoms with E-state index in [1.54, 1.807) is 24.1 Å². The van der Waals surface area contributed by atoms with Crippen LogP contribution in [0, 0.1) is 5.82 Å². The largest absolute Gasteiger partial charge is 0.457 e. The van der Waals surface area contributed by atoms with E-state index in [9.17, 15) is 9.18 Å². The van der Waals surface area contributed by atoms with Gasteiger partial charge in [0.1, 0.15) is 40.7 Å². The number of carbonyl (C=O) groups excluding carboxylic acids is 1. The van der Waals surface area contributed by atoms with Gasteiger partial charge in [-0.2, -0.15) is 0 Å². The summed E-state index contributed by atoms with van der Waals surface area (Å²) in [5.41, 5.74) is 9.81. The van der Waals surface area contributed by atoms with Crippen molar-refractivity contribution in [2.75, 3.05) is 19.3 Å². The smallest absolute Gasteiger partial charge is 0.410 e. The number of nitrogens with two attached hydrogens (primary N) is 1. The Morgan fingerprint density at radius 2 is 1.88 bits per heavy atom. The first kappa shape index (κ1) is 27.4. The lowest BCUT2D eigenvalue weighted by atomic mass is 10.0. The highest BCUT2D eigenvalue weighted by Gasteiger charge is 2.36. The Labute approximate surface area is 233 Å². The van der Waals surface area contributed by atoms with E-state index in [2.05, 4.69) is 16.5 Å². The number of likely N-dealkylation sites (N-methyl/N-ethyl adjacent to an activating group) is 1. The van der Waals surface area contributed by atoms with Gasteiger partial charge in [-0.25, -0.2) is 19.2 Å². The standard InChI is InChI=1S/C31H36FN5O3/c1-6-22(17-36(5)30(38)40-31(2,3)4)37-27(20-10-11-20)25(26-28(33)34-18-35-29(26)37)19-12-14-23(15-13-19)39-24-9-7-8-21(32)16-24/h7-9,12-16,18,20,22H,6,10-11,17H2,1-5H3,(H2,33,34,35). The molecule has 4 aromatic rings. The molecule has 1 saturated carbocycles. The highest BCUT2D eigenvalue weighted by Crippen LogP contribution is 2.50. The third-order valence-corrected chi connectivity index (χ3v) is 7.02. The molecule has 1 aliphatic carbocycles. The molecule has 0 bridgehead atoms. The molecule has 1 amide bonds. The fourth-order valence-electron chi connectivity index (χ4n) is 5.07. The van der Waals surface area contributed by atoms with Gasteiger partial charge in [-0.3, -0.25) is 0 Å². The van der Waals surface area contributed by atoms with Gasteiger partial charge in [0.2, 0.25) is 0 Å². The molecule has 5 rings (SSSR count). The summed E-state index contributed by atoms with van der Waals surface area (Å²) in [5, 5.41) is 0.807. The first-order chi connectivity index (χ1) is 19.1. The average molecular weight is 546 g/mol. The molecule has 2 heterocycles. The van der Waals surface area contributed by atoms with Crippen molar-refractivity contribution in [2.24, 2.45) is 0 Å². The summed E-state index contributed by atoms with van der Waals surface area (Å²) < 4.78 is 27.4. The Bertz CT molecular complexity index is 1520. The molecular formula is C31H36FN5O3. The number of anilines is 1. The van der Waals surface area contributed by atoms with Gasteiger partial charge in [-0.1, -0.05) is 25.1 Å². The molecule has 210 valence electrons. The van der Waals surface area contributed by atoms with Crippen LogP contribution in [0.3, 0.4) is 0 Å². The van der Waals surface area contributed by atoms with Gasteiger partial charge in [0.15, 0.2) is 0 Å². The summed E-state index contributed by atoms with van der Waals surface area (Å²) in [4.78, 5) is 23.5. The van der Waals surface area contributed by atoms with Crippen molar-refractivity contribution >= 4 is 22.9 Å². The molecule has 1 aliphatic rings. The summed E-state index contributed by atoms with van der Waals surface area (Å²) in [6, 6.07) is 13.7. The van der Waals surface area contributed by atoms with E-state index in [4.69, 9.17) is 20.2 Å². The number of fused-ring (bicyclic) bond motifs is 1. The lowest BCUT2D eigenvalue weighted by Gasteiger charge is -2.29. The van der Waals surface area contributed by atoms with Crippen LogP contribution in [0.2, 0.25) is 0 Å². The van der Waals surface area contributed by atoms with E-state index in [0.717, 1.165) is 47.1 Å².